The number of aromatic amines is 1. The normalized spacial score (nSPS) is 13.0. The fourth-order valence-electron chi connectivity index (χ4n) is 2.47. The summed E-state index contributed by atoms with van der Waals surface area (Å²) in [5.41, 5.74) is 1.45. The molecule has 0 radical (unpaired) electrons. The number of nitrogens with zero attached hydrogens (tertiary/aromatic N) is 4. The van der Waals surface area contributed by atoms with Crippen LogP contribution >= 0.6 is 23.1 Å². The van der Waals surface area contributed by atoms with E-state index in [4.69, 9.17) is 19.8 Å². The van der Waals surface area contributed by atoms with E-state index in [0.29, 0.717) is 0 Å². The van der Waals surface area contributed by atoms with Gasteiger partial charge in [-0.15, -0.1) is 11.3 Å². The lowest BCUT2D eigenvalue weighted by atomic mass is 9.97. The van der Waals surface area contributed by atoms with Crippen molar-refractivity contribution in [1.82, 2.24) is 25.1 Å². The SMILES string of the molecule is O=C(O)C(=O)O.c1n[nH]c(Sc2ncnc3sc4c(c23)CCCC4)n1. The van der Waals surface area contributed by atoms with Crippen LogP contribution in [0.15, 0.2) is 22.8 Å². The van der Waals surface area contributed by atoms with Crippen LogP contribution < -0.4 is 0 Å². The predicted molar refractivity (Wildman–Crippen MR) is 89.8 cm³/mol. The molecule has 1 aliphatic rings. The van der Waals surface area contributed by atoms with E-state index in [2.05, 4.69) is 25.1 Å². The highest BCUT2D eigenvalue weighted by Crippen LogP contribution is 2.40. The van der Waals surface area contributed by atoms with Crippen molar-refractivity contribution < 1.29 is 19.8 Å². The Morgan fingerprint density at radius 1 is 1.08 bits per heavy atom. The van der Waals surface area contributed by atoms with E-state index in [-0.39, 0.29) is 0 Å². The maximum atomic E-state index is 9.10. The standard InChI is InChI=1S/C12H11N5S2.C2H2O4/c1-2-4-8-7(3-1)9-10(18-8)13-5-14-11(9)19-12-15-6-16-17-12;3-1(4)2(5)6/h5-6H,1-4H2,(H,15,16,17);(H,3,4)(H,5,6). The second kappa shape index (κ2) is 7.57. The Balaban J connectivity index is 0.000000265. The zero-order valence-corrected chi connectivity index (χ0v) is 14.4. The van der Waals surface area contributed by atoms with Crippen LogP contribution in [0.25, 0.3) is 10.2 Å². The van der Waals surface area contributed by atoms with Gasteiger partial charge in [0.2, 0.25) is 0 Å². The van der Waals surface area contributed by atoms with Crippen molar-refractivity contribution in [3.8, 4) is 0 Å². The highest BCUT2D eigenvalue weighted by Gasteiger charge is 2.20. The molecule has 3 aromatic rings. The summed E-state index contributed by atoms with van der Waals surface area (Å²) < 4.78 is 0. The number of thiophene rings is 1. The number of H-pyrrole nitrogens is 1. The summed E-state index contributed by atoms with van der Waals surface area (Å²) in [7, 11) is 0. The van der Waals surface area contributed by atoms with Gasteiger partial charge in [-0.3, -0.25) is 5.10 Å². The van der Waals surface area contributed by atoms with Gasteiger partial charge in [-0.25, -0.2) is 24.5 Å². The number of aliphatic carboxylic acids is 2. The molecular formula is C14H13N5O4S2. The number of aryl methyl sites for hydroxylation is 2. The van der Waals surface area contributed by atoms with Crippen LogP contribution in [0.5, 0.6) is 0 Å². The van der Waals surface area contributed by atoms with Crippen LogP contribution in [0.4, 0.5) is 0 Å². The average molecular weight is 379 g/mol. The van der Waals surface area contributed by atoms with Crippen LogP contribution in [0.3, 0.4) is 0 Å². The Morgan fingerprint density at radius 3 is 2.52 bits per heavy atom. The molecule has 11 heteroatoms. The maximum absolute atomic E-state index is 9.10. The molecule has 0 saturated heterocycles. The monoisotopic (exact) mass is 379 g/mol. The highest BCUT2D eigenvalue weighted by molar-refractivity contribution is 7.99. The first-order chi connectivity index (χ1) is 12.1. The summed E-state index contributed by atoms with van der Waals surface area (Å²) in [4.78, 5) is 33.8. The lowest BCUT2D eigenvalue weighted by molar-refractivity contribution is -0.159. The molecule has 0 amide bonds. The molecule has 0 aromatic carbocycles. The quantitative estimate of drug-likeness (QED) is 0.450. The maximum Gasteiger partial charge on any atom is 0.414 e. The van der Waals surface area contributed by atoms with Crippen molar-refractivity contribution in [3.63, 3.8) is 0 Å². The Kier molecular flexibility index (Phi) is 5.24. The third kappa shape index (κ3) is 3.94. The molecule has 4 rings (SSSR count). The molecule has 0 atom stereocenters. The number of aromatic nitrogens is 5. The van der Waals surface area contributed by atoms with Crippen LogP contribution in [0.1, 0.15) is 23.3 Å². The zero-order chi connectivity index (χ0) is 17.8. The van der Waals surface area contributed by atoms with E-state index in [1.165, 1.54) is 53.2 Å². The Labute approximate surface area is 149 Å². The second-order valence-electron chi connectivity index (χ2n) is 5.07. The zero-order valence-electron chi connectivity index (χ0n) is 12.8. The molecule has 25 heavy (non-hydrogen) atoms. The molecule has 0 saturated carbocycles. The molecule has 1 aliphatic carbocycles. The minimum Gasteiger partial charge on any atom is -0.473 e. The summed E-state index contributed by atoms with van der Waals surface area (Å²) in [5, 5.41) is 24.5. The van der Waals surface area contributed by atoms with Gasteiger partial charge in [0.05, 0.1) is 0 Å². The number of hydrogen-bond donors (Lipinski definition) is 3. The largest absolute Gasteiger partial charge is 0.473 e. The number of nitrogens with one attached hydrogen (secondary N) is 1. The molecule has 3 aromatic heterocycles. The summed E-state index contributed by atoms with van der Waals surface area (Å²) in [6.45, 7) is 0. The topological polar surface area (TPSA) is 142 Å². The van der Waals surface area contributed by atoms with Crippen molar-refractivity contribution in [1.29, 1.82) is 0 Å². The second-order valence-corrected chi connectivity index (χ2v) is 7.13. The number of carbonyl (C=O) groups is 2. The molecule has 0 unspecified atom stereocenters. The highest BCUT2D eigenvalue weighted by atomic mass is 32.2. The predicted octanol–water partition coefficient (Wildman–Crippen LogP) is 1.99. The first kappa shape index (κ1) is 17.3. The number of carboxylic acid groups (broad SMARTS) is 2. The van der Waals surface area contributed by atoms with E-state index in [1.807, 2.05) is 11.3 Å². The number of rotatable bonds is 2. The van der Waals surface area contributed by atoms with E-state index in [0.717, 1.165) is 21.4 Å². The molecule has 0 aliphatic heterocycles. The molecule has 130 valence electrons. The molecule has 3 N–H and O–H groups in total. The van der Waals surface area contributed by atoms with Gasteiger partial charge in [-0.05, 0) is 43.0 Å². The summed E-state index contributed by atoms with van der Waals surface area (Å²) in [6.07, 6.45) is 8.04. The van der Waals surface area contributed by atoms with Gasteiger partial charge in [-0.1, -0.05) is 0 Å². The van der Waals surface area contributed by atoms with E-state index < -0.39 is 11.9 Å². The van der Waals surface area contributed by atoms with Crippen LogP contribution in [-0.2, 0) is 22.4 Å². The van der Waals surface area contributed by atoms with E-state index in [1.54, 1.807) is 6.33 Å². The fourth-order valence-corrected chi connectivity index (χ4v) is 4.57. The molecule has 0 spiro atoms. The molecule has 3 heterocycles. The van der Waals surface area contributed by atoms with E-state index in [9.17, 15) is 0 Å². The lowest BCUT2D eigenvalue weighted by Gasteiger charge is -2.10. The summed E-state index contributed by atoms with van der Waals surface area (Å²) in [6, 6.07) is 0. The minimum absolute atomic E-state index is 0.774. The van der Waals surface area contributed by atoms with Gasteiger partial charge in [0.1, 0.15) is 22.5 Å². The van der Waals surface area contributed by atoms with Gasteiger partial charge in [0.15, 0.2) is 5.16 Å². The number of carboxylic acids is 2. The third-order valence-corrected chi connectivity index (χ3v) is 5.58. The van der Waals surface area contributed by atoms with Crippen molar-refractivity contribution in [3.05, 3.63) is 23.1 Å². The average Bonchev–Trinajstić information content (AvgIpc) is 3.22. The minimum atomic E-state index is -1.82. The fraction of sp³-hybridized carbons (Fsp3) is 0.286. The van der Waals surface area contributed by atoms with E-state index >= 15 is 0 Å². The third-order valence-electron chi connectivity index (χ3n) is 3.49. The Morgan fingerprint density at radius 2 is 1.84 bits per heavy atom. The van der Waals surface area contributed by atoms with Crippen molar-refractivity contribution >= 4 is 45.3 Å². The van der Waals surface area contributed by atoms with Crippen molar-refractivity contribution in [2.24, 2.45) is 0 Å². The summed E-state index contributed by atoms with van der Waals surface area (Å²) >= 11 is 3.34. The van der Waals surface area contributed by atoms with Gasteiger partial charge in [-0.2, -0.15) is 5.10 Å². The van der Waals surface area contributed by atoms with Crippen LogP contribution in [0, 0.1) is 0 Å². The number of hydrogen-bond acceptors (Lipinski definition) is 8. The van der Waals surface area contributed by atoms with Crippen molar-refractivity contribution in [2.45, 2.75) is 35.9 Å². The Hall–Kier alpha value is -2.53. The lowest BCUT2D eigenvalue weighted by Crippen LogP contribution is -2.09. The molecular weight excluding hydrogens is 366 g/mol. The first-order valence-electron chi connectivity index (χ1n) is 7.31. The van der Waals surface area contributed by atoms with Crippen molar-refractivity contribution in [2.75, 3.05) is 0 Å². The van der Waals surface area contributed by atoms with Gasteiger partial charge in [0, 0.05) is 10.3 Å². The van der Waals surface area contributed by atoms with Crippen LogP contribution in [-0.4, -0.2) is 47.3 Å². The Bertz CT molecular complexity index is 897. The molecule has 0 bridgehead atoms. The van der Waals surface area contributed by atoms with Gasteiger partial charge < -0.3 is 10.2 Å². The molecule has 0 fully saturated rings. The smallest absolute Gasteiger partial charge is 0.414 e. The van der Waals surface area contributed by atoms with Gasteiger partial charge in [0.25, 0.3) is 0 Å². The number of fused-ring (bicyclic) bond motifs is 3. The van der Waals surface area contributed by atoms with Crippen LogP contribution in [0.2, 0.25) is 0 Å². The molecule has 9 nitrogen and oxygen atoms in total. The first-order valence-corrected chi connectivity index (χ1v) is 8.94. The van der Waals surface area contributed by atoms with Gasteiger partial charge >= 0.3 is 11.9 Å². The summed E-state index contributed by atoms with van der Waals surface area (Å²) in [5.74, 6) is -3.65.